The summed E-state index contributed by atoms with van der Waals surface area (Å²) in [7, 11) is 1.62. The number of amides is 2. The molecule has 12 heteroatoms. The van der Waals surface area contributed by atoms with Crippen molar-refractivity contribution in [2.75, 3.05) is 7.11 Å². The second kappa shape index (κ2) is 10.4. The molecule has 45 heavy (non-hydrogen) atoms. The molecule has 0 radical (unpaired) electrons. The Morgan fingerprint density at radius 3 is 2.69 bits per heavy atom. The predicted octanol–water partition coefficient (Wildman–Crippen LogP) is 3.85. The quantitative estimate of drug-likeness (QED) is 0.318. The molecule has 232 valence electrons. The lowest BCUT2D eigenvalue weighted by molar-refractivity contribution is 0.0725. The van der Waals surface area contributed by atoms with Gasteiger partial charge in [0.1, 0.15) is 22.7 Å². The lowest BCUT2D eigenvalue weighted by Crippen LogP contribution is -2.40. The van der Waals surface area contributed by atoms with Crippen molar-refractivity contribution < 1.29 is 14.3 Å². The summed E-state index contributed by atoms with van der Waals surface area (Å²) in [6.07, 6.45) is 6.18. The molecule has 0 aliphatic carbocycles. The summed E-state index contributed by atoms with van der Waals surface area (Å²) in [5, 5.41) is 8.47. The zero-order chi connectivity index (χ0) is 31.0. The van der Waals surface area contributed by atoms with E-state index in [1.807, 2.05) is 41.3 Å². The van der Waals surface area contributed by atoms with Crippen LogP contribution in [-0.4, -0.2) is 70.7 Å². The number of ether oxygens (including phenoxy) is 1. The van der Waals surface area contributed by atoms with E-state index in [4.69, 9.17) is 20.4 Å². The second-order valence-electron chi connectivity index (χ2n) is 12.6. The lowest BCUT2D eigenvalue weighted by Gasteiger charge is -2.23. The Morgan fingerprint density at radius 1 is 1.07 bits per heavy atom. The van der Waals surface area contributed by atoms with Crippen molar-refractivity contribution in [1.82, 2.24) is 38.9 Å². The minimum atomic E-state index is -0.296. The largest absolute Gasteiger partial charge is 0.482 e. The molecule has 3 aliphatic heterocycles. The van der Waals surface area contributed by atoms with Gasteiger partial charge < -0.3 is 25.3 Å². The molecule has 0 aromatic carbocycles. The molecule has 5 aromatic heterocycles. The van der Waals surface area contributed by atoms with Crippen molar-refractivity contribution in [2.24, 2.45) is 5.73 Å². The normalized spacial score (nSPS) is 23.2. The maximum Gasteiger partial charge on any atom is 0.270 e. The van der Waals surface area contributed by atoms with E-state index in [1.165, 1.54) is 0 Å². The van der Waals surface area contributed by atoms with Crippen molar-refractivity contribution >= 4 is 28.5 Å². The third kappa shape index (κ3) is 4.33. The number of carbonyl (C=O) groups excluding carboxylic acids is 2. The van der Waals surface area contributed by atoms with Crippen LogP contribution in [0, 0.1) is 6.92 Å². The maximum absolute atomic E-state index is 13.8. The molecule has 3 N–H and O–H groups in total. The van der Waals surface area contributed by atoms with E-state index < -0.39 is 0 Å². The fourth-order valence-electron chi connectivity index (χ4n) is 7.68. The number of nitrogens with zero attached hydrogens (tertiary/aromatic N) is 7. The lowest BCUT2D eigenvalue weighted by atomic mass is 9.97. The fourth-order valence-corrected chi connectivity index (χ4v) is 7.68. The molecule has 0 saturated carbocycles. The molecular formula is C33H37N9O3. The number of aromatic nitrogens is 6. The summed E-state index contributed by atoms with van der Waals surface area (Å²) in [5.74, 6) is 0.386. The Labute approximate surface area is 260 Å². The van der Waals surface area contributed by atoms with Crippen LogP contribution in [0.5, 0.6) is 5.88 Å². The third-order valence-electron chi connectivity index (χ3n) is 9.94. The highest BCUT2D eigenvalue weighted by atomic mass is 16.5. The van der Waals surface area contributed by atoms with Gasteiger partial charge in [0.25, 0.3) is 11.8 Å². The Morgan fingerprint density at radius 2 is 1.91 bits per heavy atom. The maximum atomic E-state index is 13.8. The summed E-state index contributed by atoms with van der Waals surface area (Å²) in [5.41, 5.74) is 12.4. The van der Waals surface area contributed by atoms with Crippen LogP contribution in [0.25, 0.3) is 28.1 Å². The number of fused-ring (bicyclic) bond motifs is 5. The first kappa shape index (κ1) is 27.8. The van der Waals surface area contributed by atoms with Crippen LogP contribution >= 0.6 is 0 Å². The second-order valence-corrected chi connectivity index (χ2v) is 12.6. The van der Waals surface area contributed by atoms with Gasteiger partial charge in [-0.05, 0) is 76.3 Å². The van der Waals surface area contributed by atoms with Gasteiger partial charge in [-0.3, -0.25) is 18.7 Å². The van der Waals surface area contributed by atoms with Gasteiger partial charge in [-0.25, -0.2) is 9.97 Å². The highest BCUT2D eigenvalue weighted by Gasteiger charge is 2.47. The van der Waals surface area contributed by atoms with Crippen LogP contribution in [0.1, 0.15) is 77.3 Å². The predicted molar refractivity (Wildman–Crippen MR) is 168 cm³/mol. The smallest absolute Gasteiger partial charge is 0.270 e. The highest BCUT2D eigenvalue weighted by Crippen LogP contribution is 2.39. The van der Waals surface area contributed by atoms with Gasteiger partial charge in [0.15, 0.2) is 5.88 Å². The number of nitrogens with two attached hydrogens (primary N) is 1. The van der Waals surface area contributed by atoms with E-state index in [-0.39, 0.29) is 36.0 Å². The third-order valence-corrected chi connectivity index (χ3v) is 9.94. The van der Waals surface area contributed by atoms with Gasteiger partial charge in [-0.15, -0.1) is 0 Å². The van der Waals surface area contributed by atoms with Crippen LogP contribution in [0.4, 0.5) is 0 Å². The molecule has 2 amide bonds. The molecule has 4 bridgehead atoms. The van der Waals surface area contributed by atoms with Crippen molar-refractivity contribution in [3.63, 3.8) is 0 Å². The average Bonchev–Trinajstić information content (AvgIpc) is 3.85. The Balaban J connectivity index is 1.22. The van der Waals surface area contributed by atoms with Crippen molar-refractivity contribution in [3.8, 4) is 17.3 Å². The van der Waals surface area contributed by atoms with Gasteiger partial charge >= 0.3 is 0 Å². The number of carbonyl (C=O) groups is 2. The van der Waals surface area contributed by atoms with Crippen molar-refractivity contribution in [3.05, 3.63) is 65.2 Å². The van der Waals surface area contributed by atoms with E-state index in [1.54, 1.807) is 24.1 Å². The van der Waals surface area contributed by atoms with E-state index in [9.17, 15) is 9.59 Å². The Kier molecular flexibility index (Phi) is 6.45. The first-order chi connectivity index (χ1) is 21.8. The molecule has 5 aromatic rings. The number of hydrogen-bond donors (Lipinski definition) is 2. The summed E-state index contributed by atoms with van der Waals surface area (Å²) < 4.78 is 11.8. The summed E-state index contributed by atoms with van der Waals surface area (Å²) in [6.45, 7) is 5.33. The zero-order valence-corrected chi connectivity index (χ0v) is 25.7. The van der Waals surface area contributed by atoms with Crippen LogP contribution in [-0.2, 0) is 13.1 Å². The molecule has 8 rings (SSSR count). The van der Waals surface area contributed by atoms with E-state index in [0.717, 1.165) is 65.9 Å². The molecule has 8 heterocycles. The average molecular weight is 608 g/mol. The van der Waals surface area contributed by atoms with Gasteiger partial charge in [0.2, 0.25) is 0 Å². The van der Waals surface area contributed by atoms with Crippen LogP contribution in [0.15, 0.2) is 42.6 Å². The van der Waals surface area contributed by atoms with E-state index >= 15 is 0 Å². The van der Waals surface area contributed by atoms with Crippen molar-refractivity contribution in [1.29, 1.82) is 0 Å². The summed E-state index contributed by atoms with van der Waals surface area (Å²) >= 11 is 0. The van der Waals surface area contributed by atoms with Gasteiger partial charge in [-0.2, -0.15) is 5.10 Å². The van der Waals surface area contributed by atoms with Crippen LogP contribution in [0.3, 0.4) is 0 Å². The molecule has 3 aliphatic rings. The standard InChI is InChI=1S/C33H37N9O3/c1-18-24-8-6-20-14-27(39(31(20)37-24)12-4-5-13-40-26(10-11-35-40)32(43)36-18)30-19(2)41-28(38-30)15-21(16-29(41)45-3)33(44)42-22-7-9-25(42)23(34)17-22/h6,8,10-11,14-16,18,22-23,25H,4-5,7,9,12-13,17,34H2,1-3H3,(H,36,43)/t18-,22+,23-,25-/m1/s1. The highest BCUT2D eigenvalue weighted by molar-refractivity contribution is 5.97. The van der Waals surface area contributed by atoms with Gasteiger partial charge in [0, 0.05) is 54.4 Å². The molecule has 4 atom stereocenters. The summed E-state index contributed by atoms with van der Waals surface area (Å²) in [6, 6.07) is 11.6. The zero-order valence-electron chi connectivity index (χ0n) is 25.7. The summed E-state index contributed by atoms with van der Waals surface area (Å²) in [4.78, 5) is 39.0. The molecule has 2 saturated heterocycles. The van der Waals surface area contributed by atoms with E-state index in [0.29, 0.717) is 35.9 Å². The van der Waals surface area contributed by atoms with Crippen molar-refractivity contribution in [2.45, 2.75) is 83.2 Å². The first-order valence-electron chi connectivity index (χ1n) is 15.8. The molecule has 12 nitrogen and oxygen atoms in total. The molecule has 2 fully saturated rings. The molecular weight excluding hydrogens is 570 g/mol. The van der Waals surface area contributed by atoms with Gasteiger partial charge in [-0.1, -0.05) is 0 Å². The topological polar surface area (TPSA) is 138 Å². The Hall–Kier alpha value is -4.71. The number of rotatable bonds is 3. The number of pyridine rings is 2. The SMILES string of the molecule is COc1cc(C(=O)N2[C@H]3CC[C@@H]2[C@H](N)C3)cc2nc(-c3cc4ccc5nc4n3CCCCn3nccc3C(=O)N[C@@H]5C)c(C)n12. The minimum Gasteiger partial charge on any atom is -0.482 e. The number of hydrogen-bond acceptors (Lipinski definition) is 7. The molecule has 0 spiro atoms. The number of aryl methyl sites for hydroxylation is 3. The molecule has 0 unspecified atom stereocenters. The number of methoxy groups -OCH3 is 1. The first-order valence-corrected chi connectivity index (χ1v) is 15.8. The number of imidazole rings is 1. The van der Waals surface area contributed by atoms with Crippen LogP contribution in [0.2, 0.25) is 0 Å². The number of nitrogens with one attached hydrogen (secondary N) is 1. The van der Waals surface area contributed by atoms with Crippen LogP contribution < -0.4 is 15.8 Å². The minimum absolute atomic E-state index is 0.0109. The Bertz CT molecular complexity index is 1990. The van der Waals surface area contributed by atoms with Gasteiger partial charge in [0.05, 0.1) is 30.2 Å². The fraction of sp³-hybridized carbons (Fsp3) is 0.424. The monoisotopic (exact) mass is 607 g/mol. The van der Waals surface area contributed by atoms with E-state index in [2.05, 4.69) is 27.1 Å².